The zero-order valence-electron chi connectivity index (χ0n) is 25.3. The first-order valence-corrected chi connectivity index (χ1v) is 15.4. The number of phenols is 1. The number of hydrogen-bond acceptors (Lipinski definition) is 6. The molecule has 236 valence electrons. The number of carbonyl (C=O) groups is 1. The van der Waals surface area contributed by atoms with Gasteiger partial charge in [-0.15, -0.1) is 0 Å². The van der Waals surface area contributed by atoms with Gasteiger partial charge in [-0.3, -0.25) is 0 Å². The van der Waals surface area contributed by atoms with Crippen LogP contribution in [0.2, 0.25) is 0 Å². The smallest absolute Gasteiger partial charge is 0.328 e. The van der Waals surface area contributed by atoms with Gasteiger partial charge in [0.15, 0.2) is 0 Å². The Hall–Kier alpha value is -3.95. The number of rotatable bonds is 18. The lowest BCUT2D eigenvalue weighted by molar-refractivity contribution is -0.131. The van der Waals surface area contributed by atoms with Crippen LogP contribution in [-0.4, -0.2) is 57.7 Å². The monoisotopic (exact) mass is 602 g/mol. The highest BCUT2D eigenvalue weighted by atomic mass is 16.5. The van der Waals surface area contributed by atoms with Crippen LogP contribution in [0.5, 0.6) is 5.75 Å². The minimum absolute atomic E-state index is 0.0533. The number of nitrogens with one attached hydrogen (secondary N) is 2. The van der Waals surface area contributed by atoms with Crippen molar-refractivity contribution in [3.8, 4) is 5.75 Å². The Kier molecular flexibility index (Phi) is 15.8. The van der Waals surface area contributed by atoms with Crippen molar-refractivity contribution in [2.45, 2.75) is 57.7 Å². The van der Waals surface area contributed by atoms with E-state index in [1.807, 2.05) is 24.3 Å². The minimum Gasteiger partial charge on any atom is -0.508 e. The van der Waals surface area contributed by atoms with E-state index in [2.05, 4.69) is 40.6 Å². The lowest BCUT2D eigenvalue weighted by atomic mass is 10.1. The Bertz CT molecular complexity index is 1400. The number of para-hydroxylation sites is 1. The predicted octanol–water partition coefficient (Wildman–Crippen LogP) is 6.37. The van der Waals surface area contributed by atoms with Gasteiger partial charge in [-0.25, -0.2) is 4.79 Å². The molecule has 0 aliphatic carbocycles. The van der Waals surface area contributed by atoms with Crippen molar-refractivity contribution >= 4 is 22.9 Å². The highest BCUT2D eigenvalue weighted by molar-refractivity contribution is 5.93. The molecule has 3 aromatic carbocycles. The summed E-state index contributed by atoms with van der Waals surface area (Å²) in [6.45, 7) is 2.77. The Balaban J connectivity index is 0.000000312. The van der Waals surface area contributed by atoms with Gasteiger partial charge in [-0.1, -0.05) is 67.4 Å². The number of carboxylic acid groups (broad SMARTS) is 1. The first-order valence-electron chi connectivity index (χ1n) is 15.4. The average Bonchev–Trinajstić information content (AvgIpc) is 3.46. The molecule has 0 radical (unpaired) electrons. The van der Waals surface area contributed by atoms with Crippen LogP contribution in [-0.2, 0) is 22.6 Å². The fourth-order valence-electron chi connectivity index (χ4n) is 4.78. The van der Waals surface area contributed by atoms with E-state index in [9.17, 15) is 20.1 Å². The normalized spacial score (nSPS) is 11.9. The molecular weight excluding hydrogens is 556 g/mol. The van der Waals surface area contributed by atoms with E-state index < -0.39 is 12.1 Å². The SMILES string of the molecule is O=C(O)/C=C/c1c[nH]c2ccccc12.OCc1cc(C(O)CNCCCCCCOCCCCc2ccccc2)ccc1O. The molecule has 0 spiro atoms. The number of benzene rings is 3. The lowest BCUT2D eigenvalue weighted by Crippen LogP contribution is -2.22. The van der Waals surface area contributed by atoms with E-state index in [0.717, 1.165) is 80.8 Å². The number of hydrogen-bond donors (Lipinski definition) is 6. The molecule has 0 saturated heterocycles. The summed E-state index contributed by atoms with van der Waals surface area (Å²) in [5, 5.41) is 41.8. The molecule has 44 heavy (non-hydrogen) atoms. The Morgan fingerprint density at radius 1 is 0.909 bits per heavy atom. The van der Waals surface area contributed by atoms with Crippen LogP contribution >= 0.6 is 0 Å². The van der Waals surface area contributed by atoms with Gasteiger partial charge >= 0.3 is 5.97 Å². The Morgan fingerprint density at radius 2 is 1.64 bits per heavy atom. The van der Waals surface area contributed by atoms with E-state index in [0.29, 0.717) is 17.7 Å². The van der Waals surface area contributed by atoms with Crippen molar-refractivity contribution in [3.63, 3.8) is 0 Å². The van der Waals surface area contributed by atoms with Crippen LogP contribution in [0.4, 0.5) is 0 Å². The van der Waals surface area contributed by atoms with E-state index in [1.54, 1.807) is 24.4 Å². The highest BCUT2D eigenvalue weighted by Crippen LogP contribution is 2.22. The Labute approximate surface area is 260 Å². The summed E-state index contributed by atoms with van der Waals surface area (Å²) < 4.78 is 5.72. The van der Waals surface area contributed by atoms with Crippen molar-refractivity contribution in [3.05, 3.63) is 107 Å². The molecule has 0 bridgehead atoms. The molecule has 0 amide bonds. The molecular formula is C36H46N2O6. The van der Waals surface area contributed by atoms with Crippen molar-refractivity contribution in [1.82, 2.24) is 10.3 Å². The molecule has 1 aromatic heterocycles. The van der Waals surface area contributed by atoms with E-state index in [1.165, 1.54) is 18.1 Å². The third-order valence-electron chi connectivity index (χ3n) is 7.26. The van der Waals surface area contributed by atoms with Gasteiger partial charge in [-0.05, 0) is 79.6 Å². The molecule has 0 fully saturated rings. The van der Waals surface area contributed by atoms with Gasteiger partial charge in [0.05, 0.1) is 12.7 Å². The van der Waals surface area contributed by atoms with Crippen LogP contribution < -0.4 is 5.32 Å². The van der Waals surface area contributed by atoms with Crippen molar-refractivity contribution in [2.24, 2.45) is 0 Å². The van der Waals surface area contributed by atoms with Crippen LogP contribution in [0.3, 0.4) is 0 Å². The average molecular weight is 603 g/mol. The molecule has 0 aliphatic rings. The van der Waals surface area contributed by atoms with Crippen LogP contribution in [0.25, 0.3) is 17.0 Å². The summed E-state index contributed by atoms with van der Waals surface area (Å²) in [6, 6.07) is 23.2. The summed E-state index contributed by atoms with van der Waals surface area (Å²) in [4.78, 5) is 13.4. The zero-order chi connectivity index (χ0) is 31.4. The van der Waals surface area contributed by atoms with Gasteiger partial charge in [0, 0.05) is 48.5 Å². The maximum absolute atomic E-state index is 10.3. The number of aryl methyl sites for hydroxylation is 1. The van der Waals surface area contributed by atoms with E-state index in [4.69, 9.17) is 9.84 Å². The molecule has 1 atom stereocenters. The number of ether oxygens (including phenoxy) is 1. The van der Waals surface area contributed by atoms with E-state index >= 15 is 0 Å². The Morgan fingerprint density at radius 3 is 2.41 bits per heavy atom. The standard InChI is InChI=1S/C25H37NO4.C11H9NO2/c27-20-23-18-22(13-14-24(23)28)25(29)19-26-15-7-1-2-8-16-30-17-9-6-12-21-10-4-3-5-11-21;13-11(14)6-5-8-7-12-10-4-2-1-3-9(8)10/h3-5,10-11,13-14,18,25-29H,1-2,6-9,12,15-17,19-20H2;1-7,12H,(H,13,14)/b;6-5+. The van der Waals surface area contributed by atoms with Gasteiger partial charge in [0.25, 0.3) is 0 Å². The van der Waals surface area contributed by atoms with Gasteiger partial charge < -0.3 is 35.5 Å². The van der Waals surface area contributed by atoms with Gasteiger partial charge in [0.1, 0.15) is 5.75 Å². The summed E-state index contributed by atoms with van der Waals surface area (Å²) in [5.41, 5.74) is 4.44. The number of unbranched alkanes of at least 4 members (excludes halogenated alkanes) is 4. The third-order valence-corrected chi connectivity index (χ3v) is 7.26. The second kappa shape index (κ2) is 20.1. The molecule has 4 aromatic rings. The first kappa shape index (κ1) is 34.5. The van der Waals surface area contributed by atoms with Gasteiger partial charge in [0.2, 0.25) is 0 Å². The largest absolute Gasteiger partial charge is 0.508 e. The molecule has 8 heteroatoms. The molecule has 6 N–H and O–H groups in total. The summed E-state index contributed by atoms with van der Waals surface area (Å²) in [6.07, 6.45) is 11.8. The molecule has 8 nitrogen and oxygen atoms in total. The van der Waals surface area contributed by atoms with Crippen molar-refractivity contribution in [2.75, 3.05) is 26.3 Å². The number of aliphatic hydroxyl groups is 2. The van der Waals surface area contributed by atoms with Gasteiger partial charge in [-0.2, -0.15) is 0 Å². The second-order valence-electron chi connectivity index (χ2n) is 10.7. The fourth-order valence-corrected chi connectivity index (χ4v) is 4.78. The van der Waals surface area contributed by atoms with Crippen LogP contribution in [0, 0.1) is 0 Å². The number of aliphatic hydroxyl groups excluding tert-OH is 2. The molecule has 1 unspecified atom stereocenters. The third kappa shape index (κ3) is 12.7. The molecule has 1 heterocycles. The number of fused-ring (bicyclic) bond motifs is 1. The van der Waals surface area contributed by atoms with Crippen molar-refractivity contribution < 1.29 is 30.0 Å². The first-order chi connectivity index (χ1) is 21.5. The van der Waals surface area contributed by atoms with E-state index in [-0.39, 0.29) is 12.4 Å². The molecule has 0 saturated carbocycles. The van der Waals surface area contributed by atoms with Crippen LogP contribution in [0.1, 0.15) is 66.9 Å². The summed E-state index contributed by atoms with van der Waals surface area (Å²) >= 11 is 0. The second-order valence-corrected chi connectivity index (χ2v) is 10.7. The number of aliphatic carboxylic acids is 1. The number of carboxylic acids is 1. The fraction of sp³-hybridized carbons (Fsp3) is 0.361. The minimum atomic E-state index is -0.935. The summed E-state index contributed by atoms with van der Waals surface area (Å²) in [5.74, 6) is -0.882. The maximum Gasteiger partial charge on any atom is 0.328 e. The molecule has 4 rings (SSSR count). The quantitative estimate of drug-likeness (QED) is 0.0575. The number of aromatic hydroxyl groups is 1. The topological polar surface area (TPSA) is 135 Å². The van der Waals surface area contributed by atoms with Crippen molar-refractivity contribution in [1.29, 1.82) is 0 Å². The van der Waals surface area contributed by atoms with Crippen LogP contribution in [0.15, 0.2) is 85.1 Å². The maximum atomic E-state index is 10.3. The predicted molar refractivity (Wildman–Crippen MR) is 175 cm³/mol. The lowest BCUT2D eigenvalue weighted by Gasteiger charge is -2.14. The number of H-pyrrole nitrogens is 1. The number of aromatic nitrogens is 1. The number of aromatic amines is 1. The zero-order valence-corrected chi connectivity index (χ0v) is 25.3. The summed E-state index contributed by atoms with van der Waals surface area (Å²) in [7, 11) is 0. The highest BCUT2D eigenvalue weighted by Gasteiger charge is 2.10. The molecule has 0 aliphatic heterocycles.